The van der Waals surface area contributed by atoms with Crippen LogP contribution in [0.2, 0.25) is 0 Å². The van der Waals surface area contributed by atoms with Gasteiger partial charge in [-0.25, -0.2) is 0 Å². The molecule has 2 heterocycles. The summed E-state index contributed by atoms with van der Waals surface area (Å²) >= 11 is 5.84. The molecule has 2 aliphatic rings. The zero-order valence-electron chi connectivity index (χ0n) is 8.74. The molecular weight excluding hydrogens is 270 g/mol. The minimum Gasteiger partial charge on any atom is -0.343 e. The molecule has 80 valence electrons. The molecule has 0 bridgehead atoms. The fraction of sp³-hybridized carbons (Fsp3) is 0.500. The molecule has 0 radical (unpaired) electrons. The Morgan fingerprint density at radius 1 is 1.47 bits per heavy atom. The number of piperidine rings is 1. The Morgan fingerprint density at radius 3 is 3.13 bits per heavy atom. The van der Waals surface area contributed by atoms with E-state index in [9.17, 15) is 0 Å². The standard InChI is InChI=1S/C12H14BrNS/c1-12-8-4-7-11(13)14(12)9-5-2-3-6-10(9)15-12/h2-3,5-6,11H,4,7-8H2,1H3. The van der Waals surface area contributed by atoms with Gasteiger partial charge in [0, 0.05) is 4.90 Å². The molecule has 1 aromatic rings. The minimum atomic E-state index is 0.274. The quantitative estimate of drug-likeness (QED) is 0.518. The van der Waals surface area contributed by atoms with Crippen molar-refractivity contribution in [3.05, 3.63) is 24.3 Å². The molecule has 1 saturated heterocycles. The summed E-state index contributed by atoms with van der Waals surface area (Å²) < 4.78 is 0. The lowest BCUT2D eigenvalue weighted by Crippen LogP contribution is -2.48. The number of benzene rings is 1. The highest BCUT2D eigenvalue weighted by atomic mass is 79.9. The molecular formula is C12H14BrNS. The molecule has 1 aromatic carbocycles. The summed E-state index contributed by atoms with van der Waals surface area (Å²) in [4.78, 5) is 4.77. The third kappa shape index (κ3) is 1.43. The minimum absolute atomic E-state index is 0.274. The van der Waals surface area contributed by atoms with Crippen LogP contribution in [0.3, 0.4) is 0 Å². The van der Waals surface area contributed by atoms with Gasteiger partial charge in [0.2, 0.25) is 0 Å². The van der Waals surface area contributed by atoms with Crippen LogP contribution in [-0.2, 0) is 0 Å². The van der Waals surface area contributed by atoms with E-state index >= 15 is 0 Å². The second-order valence-corrected chi connectivity index (χ2v) is 7.02. The lowest BCUT2D eigenvalue weighted by atomic mass is 10.0. The van der Waals surface area contributed by atoms with Gasteiger partial charge in [0.15, 0.2) is 0 Å². The highest BCUT2D eigenvalue weighted by Crippen LogP contribution is 2.56. The van der Waals surface area contributed by atoms with Crippen LogP contribution in [0.4, 0.5) is 5.69 Å². The molecule has 0 saturated carbocycles. The molecule has 15 heavy (non-hydrogen) atoms. The van der Waals surface area contributed by atoms with Crippen LogP contribution in [0, 0.1) is 0 Å². The first-order chi connectivity index (χ1) is 7.21. The fourth-order valence-electron chi connectivity index (χ4n) is 2.63. The SMILES string of the molecule is CC12CCCC(Br)N1c1ccccc1S2. The van der Waals surface area contributed by atoms with Crippen molar-refractivity contribution in [3.8, 4) is 0 Å². The summed E-state index contributed by atoms with van der Waals surface area (Å²) in [6, 6.07) is 8.76. The van der Waals surface area contributed by atoms with Gasteiger partial charge in [-0.05, 0) is 38.3 Å². The van der Waals surface area contributed by atoms with E-state index in [1.54, 1.807) is 0 Å². The van der Waals surface area contributed by atoms with Crippen molar-refractivity contribution in [2.45, 2.75) is 40.9 Å². The van der Waals surface area contributed by atoms with Crippen molar-refractivity contribution < 1.29 is 0 Å². The normalized spacial score (nSPS) is 33.7. The van der Waals surface area contributed by atoms with Crippen LogP contribution in [0.5, 0.6) is 0 Å². The van der Waals surface area contributed by atoms with Gasteiger partial charge in [0.05, 0.1) is 15.5 Å². The number of hydrogen-bond donors (Lipinski definition) is 0. The van der Waals surface area contributed by atoms with Gasteiger partial charge in [-0.3, -0.25) is 0 Å². The third-order valence-electron chi connectivity index (χ3n) is 3.33. The number of halogens is 1. The average molecular weight is 284 g/mol. The summed E-state index contributed by atoms with van der Waals surface area (Å²) in [5.74, 6) is 0. The van der Waals surface area contributed by atoms with E-state index in [-0.39, 0.29) is 4.87 Å². The van der Waals surface area contributed by atoms with E-state index in [0.717, 1.165) is 0 Å². The van der Waals surface area contributed by atoms with E-state index in [0.29, 0.717) is 4.95 Å². The first kappa shape index (κ1) is 10.0. The maximum absolute atomic E-state index is 3.81. The van der Waals surface area contributed by atoms with Gasteiger partial charge in [-0.15, -0.1) is 0 Å². The summed E-state index contributed by atoms with van der Waals surface area (Å²) in [5.41, 5.74) is 1.41. The molecule has 1 fully saturated rings. The summed E-state index contributed by atoms with van der Waals surface area (Å²) in [7, 11) is 0. The molecule has 2 aliphatic heterocycles. The monoisotopic (exact) mass is 283 g/mol. The van der Waals surface area contributed by atoms with Gasteiger partial charge in [0.25, 0.3) is 0 Å². The smallest absolute Gasteiger partial charge is 0.0890 e. The van der Waals surface area contributed by atoms with Crippen LogP contribution in [-0.4, -0.2) is 9.82 Å². The van der Waals surface area contributed by atoms with Gasteiger partial charge < -0.3 is 4.90 Å². The van der Waals surface area contributed by atoms with E-state index in [2.05, 4.69) is 52.0 Å². The maximum atomic E-state index is 3.81. The number of alkyl halides is 1. The predicted molar refractivity (Wildman–Crippen MR) is 69.7 cm³/mol. The van der Waals surface area contributed by atoms with Crippen molar-refractivity contribution in [2.24, 2.45) is 0 Å². The van der Waals surface area contributed by atoms with Crippen molar-refractivity contribution in [2.75, 3.05) is 4.90 Å². The molecule has 1 nitrogen and oxygen atoms in total. The lowest BCUT2D eigenvalue weighted by Gasteiger charge is -2.43. The fourth-order valence-corrected chi connectivity index (χ4v) is 5.22. The summed E-state index contributed by atoms with van der Waals surface area (Å²) in [6.07, 6.45) is 3.86. The average Bonchev–Trinajstić information content (AvgIpc) is 2.50. The molecule has 3 heteroatoms. The number of para-hydroxylation sites is 1. The Balaban J connectivity index is 2.09. The van der Waals surface area contributed by atoms with Crippen molar-refractivity contribution in [1.29, 1.82) is 0 Å². The van der Waals surface area contributed by atoms with E-state index in [1.165, 1.54) is 29.8 Å². The van der Waals surface area contributed by atoms with Crippen molar-refractivity contribution >= 4 is 33.4 Å². The number of hydrogen-bond acceptors (Lipinski definition) is 2. The van der Waals surface area contributed by atoms with Gasteiger partial charge >= 0.3 is 0 Å². The van der Waals surface area contributed by atoms with Crippen LogP contribution >= 0.6 is 27.7 Å². The Bertz CT molecular complexity index is 395. The second-order valence-electron chi connectivity index (χ2n) is 4.44. The first-order valence-electron chi connectivity index (χ1n) is 5.42. The molecule has 0 amide bonds. The Hall–Kier alpha value is -0.150. The maximum Gasteiger partial charge on any atom is 0.0890 e. The van der Waals surface area contributed by atoms with Crippen LogP contribution in [0.15, 0.2) is 29.2 Å². The number of nitrogens with zero attached hydrogens (tertiary/aromatic N) is 1. The zero-order valence-corrected chi connectivity index (χ0v) is 11.1. The van der Waals surface area contributed by atoms with Crippen molar-refractivity contribution in [3.63, 3.8) is 0 Å². The van der Waals surface area contributed by atoms with Crippen molar-refractivity contribution in [1.82, 2.24) is 0 Å². The van der Waals surface area contributed by atoms with Crippen LogP contribution in [0.1, 0.15) is 26.2 Å². The Morgan fingerprint density at radius 2 is 2.27 bits per heavy atom. The van der Waals surface area contributed by atoms with Gasteiger partial charge in [-0.2, -0.15) is 0 Å². The van der Waals surface area contributed by atoms with E-state index < -0.39 is 0 Å². The third-order valence-corrected chi connectivity index (χ3v) is 5.60. The molecule has 3 rings (SSSR count). The van der Waals surface area contributed by atoms with Gasteiger partial charge in [-0.1, -0.05) is 39.8 Å². The lowest BCUT2D eigenvalue weighted by molar-refractivity contribution is 0.441. The van der Waals surface area contributed by atoms with Crippen LogP contribution in [0.25, 0.3) is 0 Å². The zero-order chi connectivity index (χ0) is 10.5. The number of rotatable bonds is 0. The predicted octanol–water partition coefficient (Wildman–Crippen LogP) is 4.22. The summed E-state index contributed by atoms with van der Waals surface area (Å²) in [5, 5.41) is 0. The first-order valence-corrected chi connectivity index (χ1v) is 7.15. The highest BCUT2D eigenvalue weighted by Gasteiger charge is 2.45. The topological polar surface area (TPSA) is 3.24 Å². The molecule has 0 spiro atoms. The summed E-state index contributed by atoms with van der Waals surface area (Å²) in [6.45, 7) is 2.37. The number of thioether (sulfide) groups is 1. The van der Waals surface area contributed by atoms with Gasteiger partial charge in [0.1, 0.15) is 0 Å². The second kappa shape index (κ2) is 3.42. The Labute approximate surface area is 103 Å². The van der Waals surface area contributed by atoms with E-state index in [1.807, 2.05) is 11.8 Å². The molecule has 0 aliphatic carbocycles. The Kier molecular flexibility index (Phi) is 2.29. The van der Waals surface area contributed by atoms with Crippen LogP contribution < -0.4 is 4.90 Å². The largest absolute Gasteiger partial charge is 0.343 e. The number of anilines is 1. The van der Waals surface area contributed by atoms with E-state index in [4.69, 9.17) is 0 Å². The highest BCUT2D eigenvalue weighted by molar-refractivity contribution is 9.09. The number of fused-ring (bicyclic) bond motifs is 3. The molecule has 0 aromatic heterocycles. The molecule has 0 N–H and O–H groups in total. The molecule has 2 atom stereocenters. The molecule has 2 unspecified atom stereocenters.